The number of carbonyl (C=O) groups excluding carboxylic acids is 1. The highest BCUT2D eigenvalue weighted by Crippen LogP contribution is 2.18. The Morgan fingerprint density at radius 2 is 2.13 bits per heavy atom. The Kier molecular flexibility index (Phi) is 6.52. The first-order valence-electron chi connectivity index (χ1n) is 5.66. The van der Waals surface area contributed by atoms with Gasteiger partial charge in [-0.2, -0.15) is 0 Å². The molecule has 0 aromatic carbocycles. The van der Waals surface area contributed by atoms with Crippen LogP contribution in [-0.4, -0.2) is 30.2 Å². The summed E-state index contributed by atoms with van der Waals surface area (Å²) in [5.41, 5.74) is 5.09. The maximum Gasteiger partial charge on any atom is 0.227 e. The fourth-order valence-electron chi connectivity index (χ4n) is 1.17. The van der Waals surface area contributed by atoms with E-state index in [1.165, 1.54) is 0 Å². The molecule has 4 nitrogen and oxygen atoms in total. The number of nitrogens with one attached hydrogen (secondary N) is 1. The van der Waals surface area contributed by atoms with Crippen LogP contribution in [0.3, 0.4) is 0 Å². The van der Waals surface area contributed by atoms with Crippen molar-refractivity contribution in [2.45, 2.75) is 46.1 Å². The minimum Gasteiger partial charge on any atom is -0.393 e. The Labute approximate surface area is 92.2 Å². The second-order valence-electron chi connectivity index (χ2n) is 4.22. The number of hydrogen-bond acceptors (Lipinski definition) is 3. The van der Waals surface area contributed by atoms with Crippen molar-refractivity contribution in [3.63, 3.8) is 0 Å². The monoisotopic (exact) mass is 216 g/mol. The normalized spacial score (nSPS) is 16.9. The molecule has 0 heterocycles. The summed E-state index contributed by atoms with van der Waals surface area (Å²) in [7, 11) is 0. The van der Waals surface area contributed by atoms with Crippen molar-refractivity contribution < 1.29 is 9.90 Å². The molecule has 0 aliphatic rings. The average Bonchev–Trinajstić information content (AvgIpc) is 2.27. The Morgan fingerprint density at radius 3 is 2.53 bits per heavy atom. The molecule has 15 heavy (non-hydrogen) atoms. The second-order valence-corrected chi connectivity index (χ2v) is 4.22. The van der Waals surface area contributed by atoms with Crippen molar-refractivity contribution in [3.8, 4) is 0 Å². The first-order chi connectivity index (χ1) is 7.00. The standard InChI is InChI=1S/C11H24N2O2/c1-4-9(14)6-7-13-10(15)11(3,5-2)8-12/h9,14H,4-8,12H2,1-3H3,(H,13,15). The predicted octanol–water partition coefficient (Wildman–Crippen LogP) is 0.639. The van der Waals surface area contributed by atoms with E-state index in [0.717, 1.165) is 12.8 Å². The van der Waals surface area contributed by atoms with Gasteiger partial charge >= 0.3 is 0 Å². The van der Waals surface area contributed by atoms with Gasteiger partial charge in [-0.05, 0) is 26.2 Å². The van der Waals surface area contributed by atoms with E-state index in [-0.39, 0.29) is 12.0 Å². The quantitative estimate of drug-likeness (QED) is 0.584. The van der Waals surface area contributed by atoms with E-state index in [1.807, 2.05) is 20.8 Å². The van der Waals surface area contributed by atoms with Gasteiger partial charge in [0.05, 0.1) is 11.5 Å². The van der Waals surface area contributed by atoms with Crippen molar-refractivity contribution in [2.24, 2.45) is 11.1 Å². The van der Waals surface area contributed by atoms with Gasteiger partial charge in [-0.1, -0.05) is 13.8 Å². The van der Waals surface area contributed by atoms with Gasteiger partial charge in [-0.3, -0.25) is 4.79 Å². The van der Waals surface area contributed by atoms with E-state index in [1.54, 1.807) is 0 Å². The first-order valence-corrected chi connectivity index (χ1v) is 5.66. The minimum atomic E-state index is -0.475. The number of amides is 1. The van der Waals surface area contributed by atoms with Crippen molar-refractivity contribution >= 4 is 5.91 Å². The molecule has 0 fully saturated rings. The highest BCUT2D eigenvalue weighted by molar-refractivity contribution is 5.82. The lowest BCUT2D eigenvalue weighted by Gasteiger charge is -2.25. The van der Waals surface area contributed by atoms with Crippen molar-refractivity contribution in [3.05, 3.63) is 0 Å². The first kappa shape index (κ1) is 14.4. The van der Waals surface area contributed by atoms with Crippen LogP contribution in [0.1, 0.15) is 40.0 Å². The Hall–Kier alpha value is -0.610. The van der Waals surface area contributed by atoms with Crippen LogP contribution in [0.2, 0.25) is 0 Å². The van der Waals surface area contributed by atoms with Gasteiger partial charge in [-0.15, -0.1) is 0 Å². The van der Waals surface area contributed by atoms with Crippen molar-refractivity contribution in [2.75, 3.05) is 13.1 Å². The number of hydrogen-bond donors (Lipinski definition) is 3. The van der Waals surface area contributed by atoms with E-state index in [9.17, 15) is 9.90 Å². The number of carbonyl (C=O) groups is 1. The van der Waals surface area contributed by atoms with E-state index in [0.29, 0.717) is 19.5 Å². The molecule has 0 bridgehead atoms. The largest absolute Gasteiger partial charge is 0.393 e. The van der Waals surface area contributed by atoms with Gasteiger partial charge in [0, 0.05) is 13.1 Å². The van der Waals surface area contributed by atoms with Crippen LogP contribution in [0, 0.1) is 5.41 Å². The topological polar surface area (TPSA) is 75.3 Å². The molecule has 0 aromatic rings. The van der Waals surface area contributed by atoms with Gasteiger partial charge < -0.3 is 16.2 Å². The fraction of sp³-hybridized carbons (Fsp3) is 0.909. The minimum absolute atomic E-state index is 0.0178. The summed E-state index contributed by atoms with van der Waals surface area (Å²) in [6.45, 7) is 6.60. The summed E-state index contributed by atoms with van der Waals surface area (Å²) >= 11 is 0. The second kappa shape index (κ2) is 6.80. The summed E-state index contributed by atoms with van der Waals surface area (Å²) in [6, 6.07) is 0. The average molecular weight is 216 g/mol. The third kappa shape index (κ3) is 4.62. The maximum absolute atomic E-state index is 11.7. The zero-order chi connectivity index (χ0) is 11.9. The van der Waals surface area contributed by atoms with E-state index in [4.69, 9.17) is 5.73 Å². The number of rotatable bonds is 7. The summed E-state index contributed by atoms with van der Waals surface area (Å²) < 4.78 is 0. The molecule has 90 valence electrons. The smallest absolute Gasteiger partial charge is 0.227 e. The third-order valence-corrected chi connectivity index (χ3v) is 3.01. The Bertz CT molecular complexity index is 191. The molecule has 0 rings (SSSR count). The molecule has 1 amide bonds. The van der Waals surface area contributed by atoms with Crippen LogP contribution in [0.4, 0.5) is 0 Å². The zero-order valence-electron chi connectivity index (χ0n) is 10.0. The summed E-state index contributed by atoms with van der Waals surface area (Å²) in [4.78, 5) is 11.7. The molecule has 0 aliphatic carbocycles. The molecule has 0 radical (unpaired) electrons. The molecule has 0 aliphatic heterocycles. The zero-order valence-corrected chi connectivity index (χ0v) is 10.0. The molecular formula is C11H24N2O2. The lowest BCUT2D eigenvalue weighted by molar-refractivity contribution is -0.129. The predicted molar refractivity (Wildman–Crippen MR) is 61.4 cm³/mol. The van der Waals surface area contributed by atoms with E-state index >= 15 is 0 Å². The molecule has 2 atom stereocenters. The van der Waals surface area contributed by atoms with Crippen LogP contribution >= 0.6 is 0 Å². The van der Waals surface area contributed by atoms with Gasteiger partial charge in [-0.25, -0.2) is 0 Å². The molecule has 0 saturated carbocycles. The van der Waals surface area contributed by atoms with Crippen LogP contribution in [0.25, 0.3) is 0 Å². The molecule has 4 heteroatoms. The Morgan fingerprint density at radius 1 is 1.53 bits per heavy atom. The molecular weight excluding hydrogens is 192 g/mol. The third-order valence-electron chi connectivity index (χ3n) is 3.01. The Balaban J connectivity index is 3.92. The van der Waals surface area contributed by atoms with Gasteiger partial charge in [0.25, 0.3) is 0 Å². The number of nitrogens with two attached hydrogens (primary N) is 1. The molecule has 0 spiro atoms. The molecule has 0 saturated heterocycles. The lowest BCUT2D eigenvalue weighted by Crippen LogP contribution is -2.44. The number of aliphatic hydroxyl groups is 1. The van der Waals surface area contributed by atoms with E-state index in [2.05, 4.69) is 5.32 Å². The SMILES string of the molecule is CCC(O)CCNC(=O)C(C)(CC)CN. The summed E-state index contributed by atoms with van der Waals surface area (Å²) in [6.07, 6.45) is 1.73. The van der Waals surface area contributed by atoms with Gasteiger partial charge in [0.15, 0.2) is 0 Å². The summed E-state index contributed by atoms with van der Waals surface area (Å²) in [5, 5.41) is 12.1. The van der Waals surface area contributed by atoms with Crippen LogP contribution in [-0.2, 0) is 4.79 Å². The molecule has 4 N–H and O–H groups in total. The van der Waals surface area contributed by atoms with Crippen LogP contribution in [0.5, 0.6) is 0 Å². The number of aliphatic hydroxyl groups excluding tert-OH is 1. The van der Waals surface area contributed by atoms with Crippen LogP contribution < -0.4 is 11.1 Å². The van der Waals surface area contributed by atoms with Gasteiger partial charge in [0.2, 0.25) is 5.91 Å². The maximum atomic E-state index is 11.7. The fourth-order valence-corrected chi connectivity index (χ4v) is 1.17. The molecule has 2 unspecified atom stereocenters. The summed E-state index contributed by atoms with van der Waals surface area (Å²) in [5.74, 6) is -0.0178. The van der Waals surface area contributed by atoms with Gasteiger partial charge in [0.1, 0.15) is 0 Å². The lowest BCUT2D eigenvalue weighted by atomic mass is 9.86. The van der Waals surface area contributed by atoms with E-state index < -0.39 is 5.41 Å². The van der Waals surface area contributed by atoms with Crippen LogP contribution in [0.15, 0.2) is 0 Å². The highest BCUT2D eigenvalue weighted by Gasteiger charge is 2.29. The highest BCUT2D eigenvalue weighted by atomic mass is 16.3. The molecule has 0 aromatic heterocycles. The van der Waals surface area contributed by atoms with Crippen molar-refractivity contribution in [1.82, 2.24) is 5.32 Å². The van der Waals surface area contributed by atoms with Crippen molar-refractivity contribution in [1.29, 1.82) is 0 Å².